The molecular weight excluding hydrogens is 403 g/mol. The number of hydrogen-bond donors (Lipinski definition) is 0. The van der Waals surface area contributed by atoms with Gasteiger partial charge in [-0.25, -0.2) is 0 Å². The fourth-order valence-corrected chi connectivity index (χ4v) is 20.4. The lowest BCUT2D eigenvalue weighted by Crippen LogP contribution is -2.65. The number of benzene rings is 2. The molecule has 0 aliphatic carbocycles. The molecular formula is C23H30Cl2Si2. The minimum absolute atomic E-state index is 0.114. The first-order valence-corrected chi connectivity index (χ1v) is 17.2. The number of rotatable bonds is 4. The van der Waals surface area contributed by atoms with Gasteiger partial charge in [-0.3, -0.25) is 0 Å². The highest BCUT2D eigenvalue weighted by molar-refractivity contribution is 7.55. The monoisotopic (exact) mass is 432 g/mol. The largest absolute Gasteiger partial charge is 0.288 e. The van der Waals surface area contributed by atoms with Crippen molar-refractivity contribution in [3.05, 3.63) is 76.6 Å². The molecule has 144 valence electrons. The molecule has 27 heavy (non-hydrogen) atoms. The molecule has 0 N–H and O–H groups in total. The van der Waals surface area contributed by atoms with Crippen molar-refractivity contribution in [2.45, 2.75) is 51.9 Å². The lowest BCUT2D eigenvalue weighted by atomic mass is 9.74. The third kappa shape index (κ3) is 3.50. The molecule has 0 aromatic heterocycles. The maximum absolute atomic E-state index is 7.44. The van der Waals surface area contributed by atoms with Crippen LogP contribution in [-0.2, 0) is 5.04 Å². The maximum Gasteiger partial charge on any atom is 0.288 e. The quantitative estimate of drug-likeness (QED) is 0.342. The summed E-state index contributed by atoms with van der Waals surface area (Å²) in [4.78, 5) is 1.41. The van der Waals surface area contributed by atoms with Crippen LogP contribution in [0.25, 0.3) is 5.57 Å². The Morgan fingerprint density at radius 1 is 0.852 bits per heavy atom. The van der Waals surface area contributed by atoms with Gasteiger partial charge in [-0.15, -0.1) is 22.2 Å². The van der Waals surface area contributed by atoms with Gasteiger partial charge in [0.05, 0.1) is 8.07 Å². The molecule has 0 spiro atoms. The molecule has 1 atom stereocenters. The van der Waals surface area contributed by atoms with Crippen LogP contribution in [0.2, 0.25) is 19.6 Å². The molecule has 0 nitrogen and oxygen atoms in total. The van der Waals surface area contributed by atoms with Crippen molar-refractivity contribution < 1.29 is 0 Å². The standard InChI is InChI=1S/C23H30Cl2Si2/c1-22(2,3)17-23(19-15-11-8-12-16-19)20(18-13-9-7-10-14-18)21(26(4,5)6)27(23,24)25/h7-16H,17H2,1-6H3. The average Bonchev–Trinajstić information content (AvgIpc) is 2.56. The van der Waals surface area contributed by atoms with Crippen molar-refractivity contribution in [2.24, 2.45) is 5.41 Å². The maximum atomic E-state index is 7.44. The first kappa shape index (κ1) is 20.9. The van der Waals surface area contributed by atoms with Crippen LogP contribution < -0.4 is 0 Å². The molecule has 1 aliphatic rings. The van der Waals surface area contributed by atoms with E-state index in [1.807, 2.05) is 0 Å². The average molecular weight is 434 g/mol. The van der Waals surface area contributed by atoms with Gasteiger partial charge in [0.2, 0.25) is 0 Å². The van der Waals surface area contributed by atoms with E-state index >= 15 is 0 Å². The van der Waals surface area contributed by atoms with Crippen molar-refractivity contribution in [1.29, 1.82) is 0 Å². The predicted molar refractivity (Wildman–Crippen MR) is 126 cm³/mol. The van der Waals surface area contributed by atoms with Crippen LogP contribution in [-0.4, -0.2) is 14.8 Å². The van der Waals surface area contributed by atoms with Gasteiger partial charge < -0.3 is 0 Å². The first-order chi connectivity index (χ1) is 12.4. The minimum Gasteiger partial charge on any atom is -0.139 e. The van der Waals surface area contributed by atoms with Gasteiger partial charge >= 0.3 is 0 Å². The van der Waals surface area contributed by atoms with E-state index in [4.69, 9.17) is 22.2 Å². The second kappa shape index (κ2) is 6.91. The van der Waals surface area contributed by atoms with Crippen molar-refractivity contribution in [1.82, 2.24) is 0 Å². The summed E-state index contributed by atoms with van der Waals surface area (Å²) in [5.74, 6) is 0. The SMILES string of the molecule is CC(C)(C)CC1(c2ccccc2)C(c2ccccc2)=C([Si](C)(C)C)[Si]1(Cl)Cl. The summed E-state index contributed by atoms with van der Waals surface area (Å²) in [5.41, 5.74) is 4.09. The van der Waals surface area contributed by atoms with E-state index in [-0.39, 0.29) is 10.5 Å². The van der Waals surface area contributed by atoms with E-state index in [0.29, 0.717) is 0 Å². The first-order valence-electron chi connectivity index (χ1n) is 9.66. The molecule has 1 unspecified atom stereocenters. The van der Waals surface area contributed by atoms with Gasteiger partial charge in [0, 0.05) is 5.04 Å². The Hall–Kier alpha value is -0.806. The molecule has 1 aliphatic heterocycles. The third-order valence-electron chi connectivity index (χ3n) is 5.40. The van der Waals surface area contributed by atoms with Gasteiger partial charge in [-0.2, -0.15) is 0 Å². The lowest BCUT2D eigenvalue weighted by molar-refractivity contribution is 0.340. The van der Waals surface area contributed by atoms with E-state index in [1.165, 1.54) is 21.5 Å². The third-order valence-corrected chi connectivity index (χ3v) is 17.2. The molecule has 0 bridgehead atoms. The minimum atomic E-state index is -2.71. The molecule has 0 amide bonds. The Kier molecular flexibility index (Phi) is 5.35. The van der Waals surface area contributed by atoms with E-state index < -0.39 is 14.8 Å². The van der Waals surface area contributed by atoms with Crippen LogP contribution in [0.3, 0.4) is 0 Å². The summed E-state index contributed by atoms with van der Waals surface area (Å²) in [7, 11) is -1.67. The Morgan fingerprint density at radius 3 is 1.78 bits per heavy atom. The molecule has 1 heterocycles. The number of allylic oxidation sites excluding steroid dienone is 1. The Bertz CT molecular complexity index is 843. The highest BCUT2D eigenvalue weighted by atomic mass is 35.7. The summed E-state index contributed by atoms with van der Waals surface area (Å²) >= 11 is 14.9. The van der Waals surface area contributed by atoms with Crippen LogP contribution in [0.15, 0.2) is 65.5 Å². The van der Waals surface area contributed by atoms with E-state index in [2.05, 4.69) is 101 Å². The van der Waals surface area contributed by atoms with Gasteiger partial charge in [-0.05, 0) is 28.5 Å². The lowest BCUT2D eigenvalue weighted by Gasteiger charge is -2.59. The van der Waals surface area contributed by atoms with Crippen LogP contribution >= 0.6 is 22.2 Å². The zero-order valence-electron chi connectivity index (χ0n) is 17.2. The highest BCUT2D eigenvalue weighted by Gasteiger charge is 2.69. The van der Waals surface area contributed by atoms with Gasteiger partial charge in [0.15, 0.2) is 0 Å². The molecule has 0 radical (unpaired) electrons. The number of halogens is 2. The summed E-state index contributed by atoms with van der Waals surface area (Å²) in [5, 5.41) is -0.271. The molecule has 2 aromatic carbocycles. The highest BCUT2D eigenvalue weighted by Crippen LogP contribution is 2.67. The zero-order valence-corrected chi connectivity index (χ0v) is 20.7. The molecule has 4 heteroatoms. The van der Waals surface area contributed by atoms with Gasteiger partial charge in [0.1, 0.15) is 0 Å². The summed E-state index contributed by atoms with van der Waals surface area (Å²) < 4.78 is 0. The second-order valence-electron chi connectivity index (χ2n) is 9.95. The van der Waals surface area contributed by atoms with Crippen molar-refractivity contribution in [3.63, 3.8) is 0 Å². The zero-order chi connectivity index (χ0) is 20.1. The normalized spacial score (nSPS) is 22.5. The molecule has 0 saturated carbocycles. The Labute approximate surface area is 176 Å². The summed E-state index contributed by atoms with van der Waals surface area (Å²) in [6.07, 6.45) is 0.960. The molecule has 0 fully saturated rings. The Morgan fingerprint density at radius 2 is 1.33 bits per heavy atom. The molecule has 2 aromatic rings. The van der Waals surface area contributed by atoms with Crippen LogP contribution in [0.4, 0.5) is 0 Å². The second-order valence-corrected chi connectivity index (χ2v) is 21.9. The van der Waals surface area contributed by atoms with Gasteiger partial charge in [0.25, 0.3) is 6.69 Å². The Balaban J connectivity index is 2.39. The van der Waals surface area contributed by atoms with Crippen molar-refractivity contribution in [3.8, 4) is 0 Å². The molecule has 0 saturated heterocycles. The van der Waals surface area contributed by atoms with E-state index in [1.54, 1.807) is 0 Å². The van der Waals surface area contributed by atoms with Crippen LogP contribution in [0.1, 0.15) is 38.3 Å². The van der Waals surface area contributed by atoms with Crippen molar-refractivity contribution >= 4 is 42.5 Å². The molecule has 3 rings (SSSR count). The van der Waals surface area contributed by atoms with Crippen molar-refractivity contribution in [2.75, 3.05) is 0 Å². The van der Waals surface area contributed by atoms with E-state index in [9.17, 15) is 0 Å². The summed E-state index contributed by atoms with van der Waals surface area (Å²) in [6, 6.07) is 21.5. The van der Waals surface area contributed by atoms with Gasteiger partial charge in [-0.1, -0.05) is 106 Å². The van der Waals surface area contributed by atoms with E-state index in [0.717, 1.165) is 6.42 Å². The fourth-order valence-electron chi connectivity index (χ4n) is 4.67. The smallest absolute Gasteiger partial charge is 0.139 e. The van der Waals surface area contributed by atoms with Crippen LogP contribution in [0.5, 0.6) is 0 Å². The summed E-state index contributed by atoms with van der Waals surface area (Å²) in [6.45, 7) is 11.3. The number of hydrogen-bond acceptors (Lipinski definition) is 0. The fraction of sp³-hybridized carbons (Fsp3) is 0.391. The topological polar surface area (TPSA) is 0 Å². The predicted octanol–water partition coefficient (Wildman–Crippen LogP) is 7.70. The van der Waals surface area contributed by atoms with Crippen LogP contribution in [0, 0.1) is 5.41 Å².